The first-order valence-electron chi connectivity index (χ1n) is 8.79. The molecular formula is C17H21N5O6. The van der Waals surface area contributed by atoms with Gasteiger partial charge in [0.15, 0.2) is 11.2 Å². The zero-order valence-corrected chi connectivity index (χ0v) is 16.1. The van der Waals surface area contributed by atoms with Crippen molar-refractivity contribution in [2.45, 2.75) is 47.1 Å². The Balaban J connectivity index is 2.19. The molecule has 0 saturated heterocycles. The topological polar surface area (TPSA) is 136 Å². The Kier molecular flexibility index (Phi) is 4.92. The first-order chi connectivity index (χ1) is 13.1. The minimum absolute atomic E-state index is 0.0775. The van der Waals surface area contributed by atoms with Gasteiger partial charge in [0.2, 0.25) is 24.3 Å². The molecule has 0 aliphatic carbocycles. The Labute approximate surface area is 159 Å². The van der Waals surface area contributed by atoms with Crippen LogP contribution in [0.1, 0.15) is 40.8 Å². The lowest BCUT2D eigenvalue weighted by Gasteiger charge is -2.26. The molecule has 2 unspecified atom stereocenters. The molecule has 1 N–H and O–H groups in total. The maximum atomic E-state index is 13.0. The number of hydrogen-bond donors (Lipinski definition) is 1. The van der Waals surface area contributed by atoms with Crippen molar-refractivity contribution in [3.05, 3.63) is 16.7 Å². The average Bonchev–Trinajstić information content (AvgIpc) is 3.18. The molecule has 2 aromatic heterocycles. The van der Waals surface area contributed by atoms with Gasteiger partial charge in [-0.25, -0.2) is 14.5 Å². The van der Waals surface area contributed by atoms with Crippen LogP contribution in [0.4, 0.5) is 5.95 Å². The first-order valence-corrected chi connectivity index (χ1v) is 8.79. The molecule has 11 heteroatoms. The number of carbonyl (C=O) groups excluding carboxylic acids is 3. The summed E-state index contributed by atoms with van der Waals surface area (Å²) < 4.78 is 11.9. The van der Waals surface area contributed by atoms with Crippen LogP contribution in [0.15, 0.2) is 11.1 Å². The van der Waals surface area contributed by atoms with Crippen LogP contribution in [-0.4, -0.2) is 43.6 Å². The second-order valence-corrected chi connectivity index (χ2v) is 7.04. The van der Waals surface area contributed by atoms with Gasteiger partial charge in [-0.1, -0.05) is 27.7 Å². The number of nitrogens with zero attached hydrogens (tertiary/aromatic N) is 4. The summed E-state index contributed by atoms with van der Waals surface area (Å²) in [5.74, 6) is -2.90. The van der Waals surface area contributed by atoms with E-state index in [1.807, 2.05) is 0 Å². The van der Waals surface area contributed by atoms with Crippen molar-refractivity contribution in [2.24, 2.45) is 11.8 Å². The van der Waals surface area contributed by atoms with Crippen LogP contribution in [0.25, 0.3) is 11.2 Å². The number of aromatic nitrogens is 4. The molecule has 2 aromatic rings. The van der Waals surface area contributed by atoms with Crippen LogP contribution in [0.3, 0.4) is 0 Å². The molecule has 1 amide bonds. The van der Waals surface area contributed by atoms with Crippen molar-refractivity contribution in [3.8, 4) is 0 Å². The Morgan fingerprint density at radius 1 is 1.07 bits per heavy atom. The number of carbonyl (C=O) groups is 3. The summed E-state index contributed by atoms with van der Waals surface area (Å²) in [6, 6.07) is 0. The largest absolute Gasteiger partial charge is 0.434 e. The Bertz CT molecular complexity index is 1010. The van der Waals surface area contributed by atoms with Gasteiger partial charge in [-0.3, -0.25) is 19.2 Å². The SMILES string of the molecule is CC(=O)N1c2nc3nc[nH]c3c(=O)n2C(OC(=O)C(C)C)C1OC(=O)C(C)C. The molecule has 0 saturated carbocycles. The smallest absolute Gasteiger partial charge is 0.310 e. The van der Waals surface area contributed by atoms with Crippen LogP contribution >= 0.6 is 0 Å². The zero-order valence-electron chi connectivity index (χ0n) is 16.1. The summed E-state index contributed by atoms with van der Waals surface area (Å²) >= 11 is 0. The predicted molar refractivity (Wildman–Crippen MR) is 96.0 cm³/mol. The highest BCUT2D eigenvalue weighted by Gasteiger charge is 2.48. The van der Waals surface area contributed by atoms with Gasteiger partial charge in [-0.15, -0.1) is 0 Å². The number of hydrogen-bond acceptors (Lipinski definition) is 8. The minimum atomic E-state index is -1.37. The Morgan fingerprint density at radius 3 is 2.18 bits per heavy atom. The Morgan fingerprint density at radius 2 is 1.64 bits per heavy atom. The van der Waals surface area contributed by atoms with Gasteiger partial charge >= 0.3 is 11.9 Å². The van der Waals surface area contributed by atoms with E-state index in [4.69, 9.17) is 9.47 Å². The molecule has 28 heavy (non-hydrogen) atoms. The molecule has 3 rings (SSSR count). The van der Waals surface area contributed by atoms with Crippen molar-refractivity contribution < 1.29 is 23.9 Å². The summed E-state index contributed by atoms with van der Waals surface area (Å²) in [5, 5.41) is 0. The van der Waals surface area contributed by atoms with Gasteiger partial charge in [0.05, 0.1) is 18.2 Å². The van der Waals surface area contributed by atoms with E-state index in [-0.39, 0.29) is 17.1 Å². The lowest BCUT2D eigenvalue weighted by molar-refractivity contribution is -0.178. The number of aromatic amines is 1. The lowest BCUT2D eigenvalue weighted by Crippen LogP contribution is -2.43. The third-order valence-electron chi connectivity index (χ3n) is 4.20. The van der Waals surface area contributed by atoms with Crippen molar-refractivity contribution in [2.75, 3.05) is 4.90 Å². The van der Waals surface area contributed by atoms with Gasteiger partial charge in [0.1, 0.15) is 0 Å². The summed E-state index contributed by atoms with van der Waals surface area (Å²) in [6.07, 6.45) is -1.44. The van der Waals surface area contributed by atoms with Gasteiger partial charge in [-0.05, 0) is 0 Å². The zero-order chi connectivity index (χ0) is 20.7. The fraction of sp³-hybridized carbons (Fsp3) is 0.529. The van der Waals surface area contributed by atoms with Crippen LogP contribution in [0, 0.1) is 11.8 Å². The molecule has 0 spiro atoms. The van der Waals surface area contributed by atoms with E-state index in [0.717, 1.165) is 9.47 Å². The lowest BCUT2D eigenvalue weighted by atomic mass is 10.2. The molecule has 2 atom stereocenters. The van der Waals surface area contributed by atoms with E-state index in [1.54, 1.807) is 27.7 Å². The first kappa shape index (κ1) is 19.5. The number of nitrogens with one attached hydrogen (secondary N) is 1. The van der Waals surface area contributed by atoms with E-state index in [0.29, 0.717) is 0 Å². The third kappa shape index (κ3) is 3.12. The number of H-pyrrole nitrogens is 1. The highest BCUT2D eigenvalue weighted by Crippen LogP contribution is 2.35. The summed E-state index contributed by atoms with van der Waals surface area (Å²) in [4.78, 5) is 61.6. The van der Waals surface area contributed by atoms with Crippen LogP contribution in [0.2, 0.25) is 0 Å². The number of anilines is 1. The van der Waals surface area contributed by atoms with Gasteiger partial charge in [-0.2, -0.15) is 4.98 Å². The van der Waals surface area contributed by atoms with Gasteiger partial charge in [0.25, 0.3) is 5.56 Å². The molecular weight excluding hydrogens is 370 g/mol. The van der Waals surface area contributed by atoms with E-state index < -0.39 is 47.7 Å². The molecule has 1 aliphatic heterocycles. The highest BCUT2D eigenvalue weighted by atomic mass is 16.6. The molecule has 3 heterocycles. The van der Waals surface area contributed by atoms with Crippen molar-refractivity contribution in [3.63, 3.8) is 0 Å². The number of amides is 1. The fourth-order valence-electron chi connectivity index (χ4n) is 2.71. The van der Waals surface area contributed by atoms with Crippen LogP contribution in [-0.2, 0) is 23.9 Å². The van der Waals surface area contributed by atoms with Crippen LogP contribution in [0.5, 0.6) is 0 Å². The normalized spacial score (nSPS) is 18.6. The maximum Gasteiger partial charge on any atom is 0.310 e. The summed E-state index contributed by atoms with van der Waals surface area (Å²) in [7, 11) is 0. The minimum Gasteiger partial charge on any atom is -0.434 e. The third-order valence-corrected chi connectivity index (χ3v) is 4.20. The molecule has 11 nitrogen and oxygen atoms in total. The van der Waals surface area contributed by atoms with Crippen LogP contribution < -0.4 is 10.5 Å². The number of rotatable bonds is 4. The Hall–Kier alpha value is -3.24. The average molecular weight is 391 g/mol. The second-order valence-electron chi connectivity index (χ2n) is 7.04. The number of ether oxygens (including phenoxy) is 2. The molecule has 1 aliphatic rings. The maximum absolute atomic E-state index is 13.0. The van der Waals surface area contributed by atoms with Gasteiger partial charge < -0.3 is 14.5 Å². The van der Waals surface area contributed by atoms with E-state index >= 15 is 0 Å². The van der Waals surface area contributed by atoms with E-state index in [9.17, 15) is 19.2 Å². The standard InChI is InChI=1S/C17H21N5O6/c1-7(2)15(25)27-13-14(28-16(26)8(3)4)22-12(24)10-11(19-6-18-10)20-17(22)21(13)9(5)23/h6-8,13-14H,1-5H3,(H,18,19). The van der Waals surface area contributed by atoms with Crippen molar-refractivity contribution in [1.29, 1.82) is 0 Å². The fourth-order valence-corrected chi connectivity index (χ4v) is 2.71. The van der Waals surface area contributed by atoms with Crippen molar-refractivity contribution >= 4 is 35.0 Å². The molecule has 0 bridgehead atoms. The number of fused-ring (bicyclic) bond motifs is 2. The second kappa shape index (κ2) is 7.06. The molecule has 0 fully saturated rings. The number of esters is 2. The highest BCUT2D eigenvalue weighted by molar-refractivity contribution is 5.92. The summed E-state index contributed by atoms with van der Waals surface area (Å²) in [5.41, 5.74) is -0.436. The summed E-state index contributed by atoms with van der Waals surface area (Å²) in [6.45, 7) is 7.71. The molecule has 0 aromatic carbocycles. The molecule has 0 radical (unpaired) electrons. The predicted octanol–water partition coefficient (Wildman–Crippen LogP) is 0.709. The van der Waals surface area contributed by atoms with Gasteiger partial charge in [0, 0.05) is 6.92 Å². The quantitative estimate of drug-likeness (QED) is 0.753. The van der Waals surface area contributed by atoms with Crippen molar-refractivity contribution in [1.82, 2.24) is 19.5 Å². The molecule has 150 valence electrons. The number of imidazole rings is 1. The van der Waals surface area contributed by atoms with E-state index in [1.165, 1.54) is 13.3 Å². The monoisotopic (exact) mass is 391 g/mol. The van der Waals surface area contributed by atoms with E-state index in [2.05, 4.69) is 15.0 Å².